The molecule has 0 saturated heterocycles. The monoisotopic (exact) mass is 359 g/mol. The van der Waals surface area contributed by atoms with E-state index in [0.717, 1.165) is 12.8 Å². The molecule has 1 aromatic rings. The number of carboxylic acids is 1. The Kier molecular flexibility index (Phi) is 5.27. The molecular formula is C19H25N3O4. The Bertz CT molecular complexity index is 725. The van der Waals surface area contributed by atoms with Crippen LogP contribution < -0.4 is 15.1 Å². The predicted molar refractivity (Wildman–Crippen MR) is 98.6 cm³/mol. The van der Waals surface area contributed by atoms with Gasteiger partial charge < -0.3 is 15.3 Å². The summed E-state index contributed by atoms with van der Waals surface area (Å²) < 4.78 is 0. The first-order chi connectivity index (χ1) is 12.4. The fourth-order valence-electron chi connectivity index (χ4n) is 3.75. The lowest BCUT2D eigenvalue weighted by Gasteiger charge is -2.38. The van der Waals surface area contributed by atoms with Gasteiger partial charge in [-0.2, -0.15) is 0 Å². The van der Waals surface area contributed by atoms with Crippen LogP contribution in [0.25, 0.3) is 0 Å². The Morgan fingerprint density at radius 2 is 1.92 bits per heavy atom. The predicted octanol–water partition coefficient (Wildman–Crippen LogP) is 2.00. The van der Waals surface area contributed by atoms with Crippen molar-refractivity contribution >= 4 is 29.2 Å². The fraction of sp³-hybridized carbons (Fsp3) is 0.526. The Balaban J connectivity index is 1.89. The quantitative estimate of drug-likeness (QED) is 0.839. The summed E-state index contributed by atoms with van der Waals surface area (Å²) in [6, 6.07) is 4.82. The summed E-state index contributed by atoms with van der Waals surface area (Å²) in [6.07, 6.45) is 4.46. The van der Waals surface area contributed by atoms with Gasteiger partial charge >= 0.3 is 5.97 Å². The van der Waals surface area contributed by atoms with E-state index in [1.165, 1.54) is 29.9 Å². The average molecular weight is 359 g/mol. The van der Waals surface area contributed by atoms with Gasteiger partial charge in [0.15, 0.2) is 0 Å². The van der Waals surface area contributed by atoms with Gasteiger partial charge in [0, 0.05) is 12.1 Å². The maximum Gasteiger partial charge on any atom is 0.335 e. The molecule has 0 bridgehead atoms. The minimum Gasteiger partial charge on any atom is -0.478 e. The number of hydrogen-bond acceptors (Lipinski definition) is 4. The standard InChI is InChI=1S/C19H25N3O4/c1-12(2)22-15-8-7-13(19(25)26)9-16(15)21(11-18(22)24)17(23)10-20-14-5-3-4-6-14/h7-9,12,14,20H,3-6,10-11H2,1-2H3,(H,25,26). The normalized spacial score (nSPS) is 17.7. The van der Waals surface area contributed by atoms with E-state index in [9.17, 15) is 19.5 Å². The van der Waals surface area contributed by atoms with Crippen molar-refractivity contribution in [1.29, 1.82) is 0 Å². The van der Waals surface area contributed by atoms with Crippen molar-refractivity contribution in [2.75, 3.05) is 22.9 Å². The van der Waals surface area contributed by atoms with Crippen molar-refractivity contribution in [3.63, 3.8) is 0 Å². The van der Waals surface area contributed by atoms with Gasteiger partial charge in [-0.15, -0.1) is 0 Å². The number of amides is 2. The highest BCUT2D eigenvalue weighted by Crippen LogP contribution is 2.36. The summed E-state index contributed by atoms with van der Waals surface area (Å²) in [5, 5.41) is 12.6. The molecule has 0 radical (unpaired) electrons. The van der Waals surface area contributed by atoms with Crippen LogP contribution in [-0.2, 0) is 9.59 Å². The number of rotatable bonds is 5. The highest BCUT2D eigenvalue weighted by molar-refractivity contribution is 6.12. The van der Waals surface area contributed by atoms with E-state index in [4.69, 9.17) is 0 Å². The van der Waals surface area contributed by atoms with E-state index in [-0.39, 0.29) is 36.5 Å². The zero-order valence-corrected chi connectivity index (χ0v) is 15.2. The van der Waals surface area contributed by atoms with Gasteiger partial charge in [-0.05, 0) is 44.9 Å². The smallest absolute Gasteiger partial charge is 0.335 e. The van der Waals surface area contributed by atoms with Crippen LogP contribution in [0.5, 0.6) is 0 Å². The number of nitrogens with one attached hydrogen (secondary N) is 1. The number of benzene rings is 1. The third-order valence-corrected chi connectivity index (χ3v) is 5.05. The number of aromatic carboxylic acids is 1. The van der Waals surface area contributed by atoms with Crippen LogP contribution in [0.2, 0.25) is 0 Å². The van der Waals surface area contributed by atoms with Crippen molar-refractivity contribution < 1.29 is 19.5 Å². The van der Waals surface area contributed by atoms with Crippen molar-refractivity contribution in [2.24, 2.45) is 0 Å². The first kappa shape index (κ1) is 18.4. The van der Waals surface area contributed by atoms with Crippen molar-refractivity contribution in [3.05, 3.63) is 23.8 Å². The maximum atomic E-state index is 12.8. The van der Waals surface area contributed by atoms with E-state index in [1.807, 2.05) is 13.8 Å². The molecule has 2 N–H and O–H groups in total. The summed E-state index contributed by atoms with van der Waals surface area (Å²) in [4.78, 5) is 39.7. The number of carboxylic acid groups (broad SMARTS) is 1. The van der Waals surface area contributed by atoms with Crippen LogP contribution in [-0.4, -0.2) is 48.1 Å². The fourth-order valence-corrected chi connectivity index (χ4v) is 3.75. The molecule has 1 saturated carbocycles. The summed E-state index contributed by atoms with van der Waals surface area (Å²) >= 11 is 0. The van der Waals surface area contributed by atoms with Crippen molar-refractivity contribution in [2.45, 2.75) is 51.6 Å². The second-order valence-electron chi connectivity index (χ2n) is 7.21. The number of hydrogen-bond donors (Lipinski definition) is 2. The lowest BCUT2D eigenvalue weighted by molar-refractivity contribution is -0.122. The van der Waals surface area contributed by atoms with Gasteiger partial charge in [-0.3, -0.25) is 14.5 Å². The Hall–Kier alpha value is -2.41. The van der Waals surface area contributed by atoms with Crippen LogP contribution in [0.15, 0.2) is 18.2 Å². The zero-order chi connectivity index (χ0) is 18.8. The first-order valence-corrected chi connectivity index (χ1v) is 9.11. The largest absolute Gasteiger partial charge is 0.478 e. The van der Waals surface area contributed by atoms with Crippen molar-refractivity contribution in [3.8, 4) is 0 Å². The highest BCUT2D eigenvalue weighted by Gasteiger charge is 2.34. The number of carbonyl (C=O) groups excluding carboxylic acids is 2. The van der Waals surface area contributed by atoms with E-state index in [2.05, 4.69) is 5.32 Å². The SMILES string of the molecule is CC(C)N1C(=O)CN(C(=O)CNC2CCCC2)c2cc(C(=O)O)ccc21. The average Bonchev–Trinajstić information content (AvgIpc) is 3.11. The second kappa shape index (κ2) is 7.45. The molecule has 0 spiro atoms. The summed E-state index contributed by atoms with van der Waals surface area (Å²) in [7, 11) is 0. The highest BCUT2D eigenvalue weighted by atomic mass is 16.4. The lowest BCUT2D eigenvalue weighted by Crippen LogP contribution is -2.52. The van der Waals surface area contributed by atoms with Crippen LogP contribution in [0.3, 0.4) is 0 Å². The third-order valence-electron chi connectivity index (χ3n) is 5.05. The molecule has 3 rings (SSSR count). The van der Waals surface area contributed by atoms with Crippen LogP contribution in [0.4, 0.5) is 11.4 Å². The second-order valence-corrected chi connectivity index (χ2v) is 7.21. The third kappa shape index (κ3) is 3.58. The maximum absolute atomic E-state index is 12.8. The minimum absolute atomic E-state index is 0.0700. The van der Waals surface area contributed by atoms with Gasteiger partial charge in [0.1, 0.15) is 6.54 Å². The van der Waals surface area contributed by atoms with Crippen molar-refractivity contribution in [1.82, 2.24) is 5.32 Å². The van der Waals surface area contributed by atoms with Crippen LogP contribution >= 0.6 is 0 Å². The van der Waals surface area contributed by atoms with E-state index >= 15 is 0 Å². The molecule has 1 aliphatic carbocycles. The molecule has 1 aromatic carbocycles. The number of anilines is 2. The van der Waals surface area contributed by atoms with Gasteiger partial charge in [0.2, 0.25) is 11.8 Å². The Labute approximate surface area is 153 Å². The van der Waals surface area contributed by atoms with Crippen LogP contribution in [0, 0.1) is 0 Å². The van der Waals surface area contributed by atoms with Gasteiger partial charge in [-0.25, -0.2) is 4.79 Å². The van der Waals surface area contributed by atoms with E-state index in [0.29, 0.717) is 17.4 Å². The number of nitrogens with zero attached hydrogens (tertiary/aromatic N) is 2. The zero-order valence-electron chi connectivity index (χ0n) is 15.2. The molecule has 26 heavy (non-hydrogen) atoms. The van der Waals surface area contributed by atoms with Crippen LogP contribution in [0.1, 0.15) is 49.9 Å². The van der Waals surface area contributed by atoms with E-state index < -0.39 is 5.97 Å². The van der Waals surface area contributed by atoms with Gasteiger partial charge in [0.05, 0.1) is 23.5 Å². The van der Waals surface area contributed by atoms with Gasteiger partial charge in [-0.1, -0.05) is 12.8 Å². The van der Waals surface area contributed by atoms with E-state index in [1.54, 1.807) is 11.0 Å². The molecule has 1 fully saturated rings. The summed E-state index contributed by atoms with van der Waals surface area (Å²) in [5.41, 5.74) is 1.16. The number of carbonyl (C=O) groups is 3. The number of fused-ring (bicyclic) bond motifs is 1. The molecule has 0 aromatic heterocycles. The molecule has 7 heteroatoms. The molecule has 140 valence electrons. The topological polar surface area (TPSA) is 90.0 Å². The minimum atomic E-state index is -1.06. The molecular weight excluding hydrogens is 334 g/mol. The molecule has 1 heterocycles. The molecule has 0 atom stereocenters. The molecule has 7 nitrogen and oxygen atoms in total. The molecule has 2 aliphatic rings. The molecule has 1 aliphatic heterocycles. The first-order valence-electron chi connectivity index (χ1n) is 9.11. The summed E-state index contributed by atoms with van der Waals surface area (Å²) in [6.45, 7) is 3.87. The Morgan fingerprint density at radius 3 is 2.54 bits per heavy atom. The van der Waals surface area contributed by atoms with Gasteiger partial charge in [0.25, 0.3) is 0 Å². The summed E-state index contributed by atoms with van der Waals surface area (Å²) in [5.74, 6) is -1.43. The lowest BCUT2D eigenvalue weighted by atomic mass is 10.1. The Morgan fingerprint density at radius 1 is 1.23 bits per heavy atom. The molecule has 0 unspecified atom stereocenters. The molecule has 2 amide bonds.